The maximum absolute atomic E-state index is 12.3. The number of carbonyl (C=O) groups is 2. The molecule has 10 heteroatoms. The zero-order valence-electron chi connectivity index (χ0n) is 14.0. The molecule has 0 aromatic carbocycles. The first-order valence-corrected chi connectivity index (χ1v) is 8.36. The lowest BCUT2D eigenvalue weighted by molar-refractivity contribution is -0.128. The van der Waals surface area contributed by atoms with Crippen LogP contribution in [0.5, 0.6) is 0 Å². The van der Waals surface area contributed by atoms with Crippen LogP contribution in [-0.4, -0.2) is 86.9 Å². The van der Waals surface area contributed by atoms with Crippen molar-refractivity contribution in [1.29, 1.82) is 0 Å². The summed E-state index contributed by atoms with van der Waals surface area (Å²) in [4.78, 5) is 29.5. The standard InChI is InChI=1S/C15H20N8O2/c1-11-8-20(9-14(24)22-5-4-16-15(22)25)6-7-21(11)13-3-2-12-18-17-10-23(12)19-13/h2-3,10-11H,4-9H2,1H3,(H,16,25). The molecule has 0 spiro atoms. The number of rotatable bonds is 3. The first kappa shape index (κ1) is 15.8. The van der Waals surface area contributed by atoms with E-state index in [4.69, 9.17) is 0 Å². The minimum absolute atomic E-state index is 0.139. The SMILES string of the molecule is CC1CN(CC(=O)N2CCNC2=O)CCN1c1ccc2nncn2n1. The number of urea groups is 1. The van der Waals surface area contributed by atoms with Crippen LogP contribution in [0.25, 0.3) is 5.65 Å². The second-order valence-electron chi connectivity index (χ2n) is 6.38. The molecule has 0 radical (unpaired) electrons. The second-order valence-corrected chi connectivity index (χ2v) is 6.38. The highest BCUT2D eigenvalue weighted by Gasteiger charge is 2.30. The summed E-state index contributed by atoms with van der Waals surface area (Å²) < 4.78 is 1.66. The second kappa shape index (κ2) is 6.28. The van der Waals surface area contributed by atoms with E-state index in [1.54, 1.807) is 10.8 Å². The molecule has 132 valence electrons. The van der Waals surface area contributed by atoms with Crippen molar-refractivity contribution in [3.05, 3.63) is 18.5 Å². The first-order chi connectivity index (χ1) is 12.1. The number of hydrogen-bond donors (Lipinski definition) is 1. The number of aromatic nitrogens is 4. The Labute approximate surface area is 144 Å². The fourth-order valence-corrected chi connectivity index (χ4v) is 3.37. The Morgan fingerprint density at radius 3 is 2.96 bits per heavy atom. The van der Waals surface area contributed by atoms with Crippen LogP contribution in [0.2, 0.25) is 0 Å². The zero-order chi connectivity index (χ0) is 17.4. The van der Waals surface area contributed by atoms with Gasteiger partial charge in [-0.05, 0) is 19.1 Å². The maximum Gasteiger partial charge on any atom is 0.324 e. The topological polar surface area (TPSA) is 99.0 Å². The molecule has 0 bridgehead atoms. The lowest BCUT2D eigenvalue weighted by atomic mass is 10.2. The van der Waals surface area contributed by atoms with Crippen LogP contribution in [-0.2, 0) is 4.79 Å². The highest BCUT2D eigenvalue weighted by atomic mass is 16.2. The van der Waals surface area contributed by atoms with Crippen molar-refractivity contribution in [2.45, 2.75) is 13.0 Å². The Bertz CT molecular complexity index is 806. The normalized spacial score (nSPS) is 21.8. The van der Waals surface area contributed by atoms with Gasteiger partial charge in [0, 0.05) is 38.8 Å². The summed E-state index contributed by atoms with van der Waals surface area (Å²) in [5, 5.41) is 15.0. The van der Waals surface area contributed by atoms with Gasteiger partial charge in [-0.2, -0.15) is 4.52 Å². The molecule has 2 aromatic rings. The van der Waals surface area contributed by atoms with Crippen LogP contribution in [0.3, 0.4) is 0 Å². The van der Waals surface area contributed by atoms with Crippen LogP contribution in [0.1, 0.15) is 6.92 Å². The molecule has 2 fully saturated rings. The monoisotopic (exact) mass is 344 g/mol. The van der Waals surface area contributed by atoms with Crippen molar-refractivity contribution in [3.8, 4) is 0 Å². The Hall–Kier alpha value is -2.75. The minimum Gasteiger partial charge on any atom is -0.350 e. The fourth-order valence-electron chi connectivity index (χ4n) is 3.37. The van der Waals surface area contributed by atoms with Crippen molar-refractivity contribution in [2.75, 3.05) is 44.2 Å². The van der Waals surface area contributed by atoms with Gasteiger partial charge in [-0.15, -0.1) is 15.3 Å². The summed E-state index contributed by atoms with van der Waals surface area (Å²) in [5.74, 6) is 0.726. The molecule has 4 rings (SSSR count). The molecule has 2 aliphatic heterocycles. The summed E-state index contributed by atoms with van der Waals surface area (Å²) in [5.41, 5.74) is 0.713. The third kappa shape index (κ3) is 3.00. The summed E-state index contributed by atoms with van der Waals surface area (Å²) in [6.45, 7) is 5.61. The van der Waals surface area contributed by atoms with E-state index in [0.717, 1.165) is 25.5 Å². The van der Waals surface area contributed by atoms with E-state index in [9.17, 15) is 9.59 Å². The van der Waals surface area contributed by atoms with Crippen molar-refractivity contribution in [2.24, 2.45) is 0 Å². The molecule has 1 N–H and O–H groups in total. The molecule has 0 aliphatic carbocycles. The number of piperazine rings is 1. The molecule has 2 saturated heterocycles. The van der Waals surface area contributed by atoms with Gasteiger partial charge in [0.1, 0.15) is 12.1 Å². The molecule has 25 heavy (non-hydrogen) atoms. The zero-order valence-corrected chi connectivity index (χ0v) is 14.0. The average molecular weight is 344 g/mol. The largest absolute Gasteiger partial charge is 0.350 e. The van der Waals surface area contributed by atoms with Crippen molar-refractivity contribution < 1.29 is 9.59 Å². The molecule has 3 amide bonds. The van der Waals surface area contributed by atoms with E-state index in [1.807, 2.05) is 12.1 Å². The Morgan fingerprint density at radius 2 is 2.20 bits per heavy atom. The highest BCUT2D eigenvalue weighted by molar-refractivity contribution is 5.96. The molecule has 1 atom stereocenters. The Kier molecular flexibility index (Phi) is 3.96. The number of nitrogens with one attached hydrogen (secondary N) is 1. The van der Waals surface area contributed by atoms with E-state index < -0.39 is 0 Å². The molecule has 10 nitrogen and oxygen atoms in total. The van der Waals surface area contributed by atoms with Crippen molar-refractivity contribution in [3.63, 3.8) is 0 Å². The van der Waals surface area contributed by atoms with E-state index >= 15 is 0 Å². The quantitative estimate of drug-likeness (QED) is 0.777. The number of anilines is 1. The third-order valence-electron chi connectivity index (χ3n) is 4.67. The maximum atomic E-state index is 12.3. The molecule has 1 unspecified atom stereocenters. The number of carbonyl (C=O) groups excluding carboxylic acids is 2. The van der Waals surface area contributed by atoms with Crippen molar-refractivity contribution in [1.82, 2.24) is 34.9 Å². The van der Waals surface area contributed by atoms with Crippen LogP contribution < -0.4 is 10.2 Å². The van der Waals surface area contributed by atoms with Gasteiger partial charge in [0.25, 0.3) is 0 Å². The predicted molar refractivity (Wildman–Crippen MR) is 89.1 cm³/mol. The van der Waals surface area contributed by atoms with E-state index in [2.05, 4.69) is 37.3 Å². The third-order valence-corrected chi connectivity index (χ3v) is 4.67. The number of nitrogens with zero attached hydrogens (tertiary/aromatic N) is 7. The summed E-state index contributed by atoms with van der Waals surface area (Å²) in [7, 11) is 0. The van der Waals surface area contributed by atoms with E-state index in [-0.39, 0.29) is 24.5 Å². The fraction of sp³-hybridized carbons (Fsp3) is 0.533. The number of hydrogen-bond acceptors (Lipinski definition) is 7. The van der Waals surface area contributed by atoms with Crippen LogP contribution in [0, 0.1) is 0 Å². The van der Waals surface area contributed by atoms with Crippen LogP contribution in [0.15, 0.2) is 18.5 Å². The lowest BCUT2D eigenvalue weighted by Crippen LogP contribution is -2.54. The predicted octanol–water partition coefficient (Wildman–Crippen LogP) is -0.813. The summed E-state index contributed by atoms with van der Waals surface area (Å²) >= 11 is 0. The molecule has 0 saturated carbocycles. The Morgan fingerprint density at radius 1 is 1.32 bits per heavy atom. The summed E-state index contributed by atoms with van der Waals surface area (Å²) in [6, 6.07) is 3.75. The summed E-state index contributed by atoms with van der Waals surface area (Å²) in [6.07, 6.45) is 1.58. The van der Waals surface area contributed by atoms with Gasteiger partial charge >= 0.3 is 6.03 Å². The molecular weight excluding hydrogens is 324 g/mol. The lowest BCUT2D eigenvalue weighted by Gasteiger charge is -2.40. The minimum atomic E-state index is -0.289. The van der Waals surface area contributed by atoms with Gasteiger partial charge in [0.15, 0.2) is 5.65 Å². The average Bonchev–Trinajstić information content (AvgIpc) is 3.22. The number of imide groups is 1. The Balaban J connectivity index is 1.40. The van der Waals surface area contributed by atoms with Crippen LogP contribution >= 0.6 is 0 Å². The van der Waals surface area contributed by atoms with Gasteiger partial charge < -0.3 is 10.2 Å². The molecular formula is C15H20N8O2. The van der Waals surface area contributed by atoms with Gasteiger partial charge in [-0.1, -0.05) is 0 Å². The molecule has 2 aliphatic rings. The first-order valence-electron chi connectivity index (χ1n) is 8.36. The van der Waals surface area contributed by atoms with E-state index in [1.165, 1.54) is 4.90 Å². The van der Waals surface area contributed by atoms with Gasteiger partial charge in [-0.25, -0.2) is 4.79 Å². The van der Waals surface area contributed by atoms with Crippen molar-refractivity contribution >= 4 is 23.4 Å². The smallest absolute Gasteiger partial charge is 0.324 e. The van der Waals surface area contributed by atoms with Gasteiger partial charge in [-0.3, -0.25) is 14.6 Å². The van der Waals surface area contributed by atoms with Crippen LogP contribution in [0.4, 0.5) is 10.6 Å². The number of fused-ring (bicyclic) bond motifs is 1. The van der Waals surface area contributed by atoms with Gasteiger partial charge in [0.2, 0.25) is 5.91 Å². The molecule has 4 heterocycles. The van der Waals surface area contributed by atoms with Gasteiger partial charge in [0.05, 0.1) is 6.54 Å². The molecule has 2 aromatic heterocycles. The highest BCUT2D eigenvalue weighted by Crippen LogP contribution is 2.18. The van der Waals surface area contributed by atoms with E-state index in [0.29, 0.717) is 18.7 Å². The number of amides is 3.